The van der Waals surface area contributed by atoms with Crippen LogP contribution >= 0.6 is 11.6 Å². The fourth-order valence-electron chi connectivity index (χ4n) is 2.41. The Kier molecular flexibility index (Phi) is 6.17. The molecule has 10 heteroatoms. The van der Waals surface area contributed by atoms with E-state index in [0.29, 0.717) is 23.6 Å². The van der Waals surface area contributed by atoms with Crippen LogP contribution in [-0.2, 0) is 6.54 Å². The normalized spacial score (nSPS) is 12.0. The molecule has 0 saturated carbocycles. The van der Waals surface area contributed by atoms with E-state index >= 15 is 0 Å². The van der Waals surface area contributed by atoms with Crippen LogP contribution in [0.2, 0.25) is 5.02 Å². The number of nitrogens with zero attached hydrogens (tertiary/aromatic N) is 4. The van der Waals surface area contributed by atoms with E-state index in [1.807, 2.05) is 0 Å². The van der Waals surface area contributed by atoms with Crippen LogP contribution in [0.4, 0.5) is 21.8 Å². The van der Waals surface area contributed by atoms with E-state index in [-0.39, 0.29) is 30.0 Å². The Morgan fingerprint density at radius 3 is 2.67 bits per heavy atom. The van der Waals surface area contributed by atoms with E-state index in [9.17, 15) is 9.50 Å². The minimum Gasteiger partial charge on any atom is -0.394 e. The summed E-state index contributed by atoms with van der Waals surface area (Å²) in [6.45, 7) is 0.132. The van der Waals surface area contributed by atoms with Crippen LogP contribution in [0.25, 0.3) is 0 Å². The molecule has 142 valence electrons. The molecule has 0 aliphatic heterocycles. The van der Waals surface area contributed by atoms with Gasteiger partial charge < -0.3 is 20.8 Å². The molecule has 27 heavy (non-hydrogen) atoms. The van der Waals surface area contributed by atoms with Gasteiger partial charge in [0.25, 0.3) is 0 Å². The van der Waals surface area contributed by atoms with Crippen molar-refractivity contribution in [2.24, 2.45) is 0 Å². The van der Waals surface area contributed by atoms with Crippen molar-refractivity contribution < 1.29 is 14.6 Å². The number of aliphatic hydroxyl groups excluding tert-OH is 2. The van der Waals surface area contributed by atoms with Gasteiger partial charge in [-0.15, -0.1) is 0 Å². The van der Waals surface area contributed by atoms with Gasteiger partial charge in [0.15, 0.2) is 5.82 Å². The molecule has 0 aliphatic carbocycles. The highest BCUT2D eigenvalue weighted by atomic mass is 35.5. The van der Waals surface area contributed by atoms with Crippen LogP contribution in [0.3, 0.4) is 0 Å². The number of aliphatic hydroxyl groups is 2. The predicted octanol–water partition coefficient (Wildman–Crippen LogP) is 2.35. The van der Waals surface area contributed by atoms with Crippen LogP contribution in [0.5, 0.6) is 0 Å². The Balaban J connectivity index is 1.76. The monoisotopic (exact) mass is 392 g/mol. The fraction of sp³-hybridized carbons (Fsp3) is 0.235. The van der Waals surface area contributed by atoms with Gasteiger partial charge in [0.05, 0.1) is 43.9 Å². The molecule has 0 radical (unpaired) electrons. The number of nitrogens with one attached hydrogen (secondary N) is 2. The van der Waals surface area contributed by atoms with Gasteiger partial charge in [-0.1, -0.05) is 23.7 Å². The molecular formula is C17H18ClFN6O2. The highest BCUT2D eigenvalue weighted by Gasteiger charge is 2.14. The molecule has 2 aromatic heterocycles. The first-order valence-corrected chi connectivity index (χ1v) is 8.52. The summed E-state index contributed by atoms with van der Waals surface area (Å²) in [5, 5.41) is 29.0. The zero-order valence-electron chi connectivity index (χ0n) is 14.2. The summed E-state index contributed by atoms with van der Waals surface area (Å²) in [5.74, 6) is 0.241. The Labute approximate surface area is 159 Å². The summed E-state index contributed by atoms with van der Waals surface area (Å²) >= 11 is 6.16. The van der Waals surface area contributed by atoms with E-state index in [2.05, 4.69) is 25.7 Å². The lowest BCUT2D eigenvalue weighted by atomic mass is 10.1. The maximum atomic E-state index is 13.1. The average Bonchev–Trinajstić information content (AvgIpc) is 3.10. The Hall–Kier alpha value is -2.75. The number of rotatable bonds is 8. The second kappa shape index (κ2) is 8.76. The SMILES string of the molecule is OCCn1cc(Nc2ncc(Cl)c(NC(CO)c3ccc(F)cc3)n2)cn1. The standard InChI is InChI=1S/C17H18ClFN6O2/c18-14-8-20-17(22-13-7-21-25(9-13)5-6-26)24-16(14)23-15(10-27)11-1-3-12(19)4-2-11/h1-4,7-9,15,26-27H,5-6,10H2,(H2,20,22,23,24). The summed E-state index contributed by atoms with van der Waals surface area (Å²) in [5.41, 5.74) is 1.34. The van der Waals surface area contributed by atoms with Crippen LogP contribution in [0.1, 0.15) is 11.6 Å². The van der Waals surface area contributed by atoms with Crippen molar-refractivity contribution in [1.29, 1.82) is 0 Å². The molecule has 1 atom stereocenters. The third kappa shape index (κ3) is 4.91. The molecule has 0 spiro atoms. The molecule has 0 aliphatic rings. The Morgan fingerprint density at radius 2 is 1.96 bits per heavy atom. The van der Waals surface area contributed by atoms with E-state index in [0.717, 1.165) is 0 Å². The summed E-state index contributed by atoms with van der Waals surface area (Å²) in [7, 11) is 0. The first kappa shape index (κ1) is 19.0. The molecule has 0 bridgehead atoms. The largest absolute Gasteiger partial charge is 0.394 e. The number of benzene rings is 1. The first-order chi connectivity index (χ1) is 13.1. The van der Waals surface area contributed by atoms with E-state index in [1.165, 1.54) is 18.3 Å². The molecule has 8 nitrogen and oxygen atoms in total. The van der Waals surface area contributed by atoms with Crippen LogP contribution < -0.4 is 10.6 Å². The Morgan fingerprint density at radius 1 is 1.19 bits per heavy atom. The molecule has 0 amide bonds. The van der Waals surface area contributed by atoms with Crippen molar-refractivity contribution in [2.45, 2.75) is 12.6 Å². The molecule has 0 fully saturated rings. The van der Waals surface area contributed by atoms with E-state index < -0.39 is 6.04 Å². The molecule has 2 heterocycles. The number of aromatic nitrogens is 4. The van der Waals surface area contributed by atoms with Gasteiger partial charge in [0.2, 0.25) is 5.95 Å². The molecular weight excluding hydrogens is 375 g/mol. The van der Waals surface area contributed by atoms with Crippen molar-refractivity contribution >= 4 is 29.1 Å². The maximum absolute atomic E-state index is 13.1. The molecule has 3 aromatic rings. The van der Waals surface area contributed by atoms with Crippen molar-refractivity contribution in [3.05, 3.63) is 59.3 Å². The number of halogens is 2. The topological polar surface area (TPSA) is 108 Å². The van der Waals surface area contributed by atoms with Crippen molar-refractivity contribution in [1.82, 2.24) is 19.7 Å². The van der Waals surface area contributed by atoms with Gasteiger partial charge in [0, 0.05) is 6.20 Å². The van der Waals surface area contributed by atoms with E-state index in [1.54, 1.807) is 29.2 Å². The van der Waals surface area contributed by atoms with Crippen LogP contribution in [0.15, 0.2) is 42.9 Å². The van der Waals surface area contributed by atoms with Crippen LogP contribution in [0, 0.1) is 5.82 Å². The summed E-state index contributed by atoms with van der Waals surface area (Å²) in [6.07, 6.45) is 4.71. The lowest BCUT2D eigenvalue weighted by Gasteiger charge is -2.18. The first-order valence-electron chi connectivity index (χ1n) is 8.15. The van der Waals surface area contributed by atoms with Crippen molar-refractivity contribution in [2.75, 3.05) is 23.8 Å². The smallest absolute Gasteiger partial charge is 0.229 e. The van der Waals surface area contributed by atoms with Gasteiger partial charge in [-0.3, -0.25) is 4.68 Å². The summed E-state index contributed by atoms with van der Waals surface area (Å²) < 4.78 is 14.7. The predicted molar refractivity (Wildman–Crippen MR) is 99.5 cm³/mol. The fourth-order valence-corrected chi connectivity index (χ4v) is 2.55. The molecule has 4 N–H and O–H groups in total. The zero-order valence-corrected chi connectivity index (χ0v) is 14.9. The number of anilines is 3. The van der Waals surface area contributed by atoms with Gasteiger partial charge in [-0.05, 0) is 17.7 Å². The second-order valence-electron chi connectivity index (χ2n) is 5.66. The minimum absolute atomic E-state index is 0.0153. The van der Waals surface area contributed by atoms with Crippen molar-refractivity contribution in [3.63, 3.8) is 0 Å². The van der Waals surface area contributed by atoms with Crippen LogP contribution in [-0.4, -0.2) is 43.2 Å². The molecule has 0 saturated heterocycles. The maximum Gasteiger partial charge on any atom is 0.229 e. The lowest BCUT2D eigenvalue weighted by Crippen LogP contribution is -2.16. The van der Waals surface area contributed by atoms with Gasteiger partial charge >= 0.3 is 0 Å². The second-order valence-corrected chi connectivity index (χ2v) is 6.07. The number of hydrogen-bond acceptors (Lipinski definition) is 7. The number of hydrogen-bond donors (Lipinski definition) is 4. The summed E-state index contributed by atoms with van der Waals surface area (Å²) in [4.78, 5) is 8.43. The highest BCUT2D eigenvalue weighted by Crippen LogP contribution is 2.26. The Bertz CT molecular complexity index is 889. The summed E-state index contributed by atoms with van der Waals surface area (Å²) in [6, 6.07) is 5.27. The third-order valence-electron chi connectivity index (χ3n) is 3.73. The molecule has 1 aromatic carbocycles. The minimum atomic E-state index is -0.516. The zero-order chi connectivity index (χ0) is 19.2. The molecule has 1 unspecified atom stereocenters. The van der Waals surface area contributed by atoms with Gasteiger partial charge in [-0.2, -0.15) is 10.1 Å². The van der Waals surface area contributed by atoms with Crippen molar-refractivity contribution in [3.8, 4) is 0 Å². The lowest BCUT2D eigenvalue weighted by molar-refractivity contribution is 0.269. The highest BCUT2D eigenvalue weighted by molar-refractivity contribution is 6.32. The van der Waals surface area contributed by atoms with E-state index in [4.69, 9.17) is 16.7 Å². The van der Waals surface area contributed by atoms with Gasteiger partial charge in [0.1, 0.15) is 10.8 Å². The van der Waals surface area contributed by atoms with Gasteiger partial charge in [-0.25, -0.2) is 9.37 Å². The molecule has 3 rings (SSSR count). The third-order valence-corrected chi connectivity index (χ3v) is 4.01. The quantitative estimate of drug-likeness (QED) is 0.466. The average molecular weight is 393 g/mol.